The molecule has 0 aromatic heterocycles. The van der Waals surface area contributed by atoms with Crippen molar-refractivity contribution in [2.75, 3.05) is 0 Å². The molecule has 0 aliphatic carbocycles. The molecule has 0 aliphatic heterocycles. The third-order valence-corrected chi connectivity index (χ3v) is 4.90. The van der Waals surface area contributed by atoms with Crippen molar-refractivity contribution < 1.29 is 9.22 Å². The highest BCUT2D eigenvalue weighted by atomic mass is 28.4. The van der Waals surface area contributed by atoms with E-state index in [0.717, 1.165) is 6.42 Å². The summed E-state index contributed by atoms with van der Waals surface area (Å²) in [6.45, 7) is 8.29. The van der Waals surface area contributed by atoms with Crippen LogP contribution in [0.25, 0.3) is 0 Å². The third-order valence-electron chi connectivity index (χ3n) is 4.08. The second-order valence-corrected chi connectivity index (χ2v) is 12.5. The van der Waals surface area contributed by atoms with E-state index in [0.29, 0.717) is 0 Å². The summed E-state index contributed by atoms with van der Waals surface area (Å²) >= 11 is 0. The van der Waals surface area contributed by atoms with Gasteiger partial charge in [0, 0.05) is 6.08 Å². The van der Waals surface area contributed by atoms with Gasteiger partial charge in [0.05, 0.1) is 0 Å². The second-order valence-electron chi connectivity index (χ2n) is 8.03. The van der Waals surface area contributed by atoms with Crippen LogP contribution in [0, 0.1) is 0 Å². The van der Waals surface area contributed by atoms with Crippen LogP contribution < -0.4 is 0 Å². The van der Waals surface area contributed by atoms with Crippen LogP contribution in [0.2, 0.25) is 19.6 Å². The maximum atomic E-state index is 11.5. The third kappa shape index (κ3) is 21.0. The van der Waals surface area contributed by atoms with Crippen molar-refractivity contribution in [3.63, 3.8) is 0 Å². The smallest absolute Gasteiger partial charge is 0.317 e. The molecule has 0 amide bonds. The van der Waals surface area contributed by atoms with E-state index in [1.54, 1.807) is 6.08 Å². The zero-order valence-electron chi connectivity index (χ0n) is 17.8. The molecule has 0 bridgehead atoms. The van der Waals surface area contributed by atoms with Crippen molar-refractivity contribution in [3.8, 4) is 0 Å². The highest BCUT2D eigenvalue weighted by molar-refractivity contribution is 6.71. The lowest BCUT2D eigenvalue weighted by Gasteiger charge is -2.15. The number of carbonyl (C=O) groups is 1. The molecule has 26 heavy (non-hydrogen) atoms. The topological polar surface area (TPSA) is 26.3 Å². The molecule has 3 heteroatoms. The zero-order valence-corrected chi connectivity index (χ0v) is 18.8. The Kier molecular flexibility index (Phi) is 16.6. The van der Waals surface area contributed by atoms with Gasteiger partial charge in [-0.25, -0.2) is 4.79 Å². The van der Waals surface area contributed by atoms with Crippen molar-refractivity contribution in [1.82, 2.24) is 0 Å². The first-order valence-electron chi connectivity index (χ1n) is 10.7. The molecule has 0 aromatic rings. The normalized spacial score (nSPS) is 12.6. The van der Waals surface area contributed by atoms with Gasteiger partial charge in [-0.15, -0.1) is 0 Å². The minimum Gasteiger partial charge on any atom is -0.517 e. The van der Waals surface area contributed by atoms with Crippen molar-refractivity contribution in [2.45, 2.75) is 104 Å². The quantitative estimate of drug-likeness (QED) is 0.119. The first kappa shape index (κ1) is 24.9. The molecule has 0 atom stereocenters. The molecule has 0 aromatic carbocycles. The number of hydrogen-bond acceptors (Lipinski definition) is 2. The van der Waals surface area contributed by atoms with Gasteiger partial charge in [-0.2, -0.15) is 0 Å². The molecule has 0 aliphatic rings. The van der Waals surface area contributed by atoms with Crippen molar-refractivity contribution >= 4 is 14.3 Å². The van der Waals surface area contributed by atoms with Crippen LogP contribution in [0.4, 0.5) is 0 Å². The Bertz CT molecular complexity index is 416. The van der Waals surface area contributed by atoms with Gasteiger partial charge in [0.2, 0.25) is 8.32 Å². The second kappa shape index (κ2) is 17.3. The molecule has 150 valence electrons. The molecule has 0 unspecified atom stereocenters. The maximum absolute atomic E-state index is 11.5. The van der Waals surface area contributed by atoms with Crippen LogP contribution in [-0.2, 0) is 9.22 Å². The molecule has 0 saturated carbocycles. The lowest BCUT2D eigenvalue weighted by Crippen LogP contribution is -2.28. The molecule has 0 spiro atoms. The maximum Gasteiger partial charge on any atom is 0.317 e. The molecule has 0 heterocycles. The minimum absolute atomic E-state index is 0.237. The summed E-state index contributed by atoms with van der Waals surface area (Å²) in [7, 11) is -1.77. The number of hydrogen-bond donors (Lipinski definition) is 0. The van der Waals surface area contributed by atoms with Crippen LogP contribution in [0.3, 0.4) is 0 Å². The van der Waals surface area contributed by atoms with Crippen molar-refractivity contribution in [3.05, 3.63) is 36.5 Å². The molecule has 0 fully saturated rings. The van der Waals surface area contributed by atoms with E-state index in [1.165, 1.54) is 76.7 Å². The van der Waals surface area contributed by atoms with Crippen molar-refractivity contribution in [1.29, 1.82) is 0 Å². The molecule has 0 N–H and O–H groups in total. The Morgan fingerprint density at radius 1 is 0.731 bits per heavy atom. The van der Waals surface area contributed by atoms with E-state index in [2.05, 4.69) is 19.1 Å². The van der Waals surface area contributed by atoms with E-state index in [4.69, 9.17) is 4.43 Å². The minimum atomic E-state index is -1.77. The van der Waals surface area contributed by atoms with Crippen LogP contribution in [-0.4, -0.2) is 14.3 Å². The first-order chi connectivity index (χ1) is 12.5. The van der Waals surface area contributed by atoms with Gasteiger partial charge in [-0.1, -0.05) is 102 Å². The lowest BCUT2D eigenvalue weighted by atomic mass is 10.1. The summed E-state index contributed by atoms with van der Waals surface area (Å²) in [4.78, 5) is 11.5. The fourth-order valence-corrected chi connectivity index (χ4v) is 3.37. The van der Waals surface area contributed by atoms with Gasteiger partial charge >= 0.3 is 5.97 Å². The molecular weight excluding hydrogens is 336 g/mol. The summed E-state index contributed by atoms with van der Waals surface area (Å²) in [5.74, 6) is -0.237. The van der Waals surface area contributed by atoms with Crippen LogP contribution >= 0.6 is 0 Å². The van der Waals surface area contributed by atoms with E-state index in [-0.39, 0.29) is 5.97 Å². The molecule has 2 nitrogen and oxygen atoms in total. The number of carbonyl (C=O) groups excluding carboxylic acids is 1. The SMILES string of the molecule is CCCCCCCCCCCCCC=CC=CC=CC(=O)O[Si](C)(C)C. The van der Waals surface area contributed by atoms with Crippen molar-refractivity contribution in [2.24, 2.45) is 0 Å². The van der Waals surface area contributed by atoms with Crippen LogP contribution in [0.5, 0.6) is 0 Å². The number of allylic oxidation sites excluding steroid dienone is 5. The van der Waals surface area contributed by atoms with Gasteiger partial charge in [0.25, 0.3) is 0 Å². The number of unbranched alkanes of at least 4 members (excludes halogenated alkanes) is 11. The van der Waals surface area contributed by atoms with Gasteiger partial charge < -0.3 is 4.43 Å². The van der Waals surface area contributed by atoms with E-state index >= 15 is 0 Å². The lowest BCUT2D eigenvalue weighted by molar-refractivity contribution is -0.129. The molecular formula is C23H42O2Si. The Morgan fingerprint density at radius 2 is 1.23 bits per heavy atom. The van der Waals surface area contributed by atoms with Gasteiger partial charge in [0.15, 0.2) is 0 Å². The Balaban J connectivity index is 3.44. The summed E-state index contributed by atoms with van der Waals surface area (Å²) < 4.78 is 5.33. The Labute approximate surface area is 163 Å². The average molecular weight is 379 g/mol. The predicted molar refractivity (Wildman–Crippen MR) is 118 cm³/mol. The monoisotopic (exact) mass is 378 g/mol. The predicted octanol–water partition coefficient (Wildman–Crippen LogP) is 7.73. The first-order valence-corrected chi connectivity index (χ1v) is 14.1. The average Bonchev–Trinajstić information content (AvgIpc) is 2.56. The zero-order chi connectivity index (χ0) is 19.5. The van der Waals surface area contributed by atoms with Gasteiger partial charge in [0.1, 0.15) is 0 Å². The number of rotatable bonds is 16. The standard InChI is InChI=1S/C23H42O2Si/c1-5-6-7-8-9-10-11-12-13-14-15-16-17-18-19-20-21-22-23(24)25-26(2,3)4/h17-22H,5-16H2,1-4H3. The fourth-order valence-electron chi connectivity index (χ4n) is 2.70. The molecule has 0 rings (SSSR count). The highest BCUT2D eigenvalue weighted by Gasteiger charge is 2.17. The summed E-state index contributed by atoms with van der Waals surface area (Å²) in [6, 6.07) is 0. The van der Waals surface area contributed by atoms with Crippen LogP contribution in [0.15, 0.2) is 36.5 Å². The van der Waals surface area contributed by atoms with Gasteiger partial charge in [-0.05, 0) is 32.5 Å². The van der Waals surface area contributed by atoms with Gasteiger partial charge in [-0.3, -0.25) is 0 Å². The summed E-state index contributed by atoms with van der Waals surface area (Å²) in [5, 5.41) is 0. The van der Waals surface area contributed by atoms with E-state index < -0.39 is 8.32 Å². The van der Waals surface area contributed by atoms with E-state index in [9.17, 15) is 4.79 Å². The summed E-state index contributed by atoms with van der Waals surface area (Å²) in [6.07, 6.45) is 27.8. The molecule has 0 radical (unpaired) electrons. The van der Waals surface area contributed by atoms with Crippen LogP contribution in [0.1, 0.15) is 84.0 Å². The Morgan fingerprint density at radius 3 is 1.77 bits per heavy atom. The summed E-state index contributed by atoms with van der Waals surface area (Å²) in [5.41, 5.74) is 0. The Hall–Kier alpha value is -1.09. The highest BCUT2D eigenvalue weighted by Crippen LogP contribution is 2.12. The van der Waals surface area contributed by atoms with E-state index in [1.807, 2.05) is 31.8 Å². The largest absolute Gasteiger partial charge is 0.517 e. The molecule has 0 saturated heterocycles. The fraction of sp³-hybridized carbons (Fsp3) is 0.696.